The lowest BCUT2D eigenvalue weighted by Crippen LogP contribution is -2.01. The minimum Gasteiger partial charge on any atom is -0.490 e. The predicted molar refractivity (Wildman–Crippen MR) is 112 cm³/mol. The van der Waals surface area contributed by atoms with Crippen molar-refractivity contribution in [3.8, 4) is 11.5 Å². The first-order valence-corrected chi connectivity index (χ1v) is 9.27. The monoisotopic (exact) mass is 379 g/mol. The maximum atomic E-state index is 6.47. The molecule has 0 aliphatic heterocycles. The van der Waals surface area contributed by atoms with Gasteiger partial charge in [-0.15, -0.1) is 0 Å². The summed E-state index contributed by atoms with van der Waals surface area (Å²) in [6, 6.07) is 21.7. The van der Waals surface area contributed by atoms with Gasteiger partial charge in [-0.25, -0.2) is 0 Å². The number of benzene rings is 3. The summed E-state index contributed by atoms with van der Waals surface area (Å²) in [4.78, 5) is 4.50. The second-order valence-corrected chi connectivity index (χ2v) is 6.54. The molecule has 0 aliphatic carbocycles. The van der Waals surface area contributed by atoms with Crippen LogP contribution in [0.5, 0.6) is 11.5 Å². The summed E-state index contributed by atoms with van der Waals surface area (Å²) >= 11 is 6.47. The molecule has 0 saturated heterocycles. The van der Waals surface area contributed by atoms with Gasteiger partial charge in [0.2, 0.25) is 0 Å². The van der Waals surface area contributed by atoms with Crippen molar-refractivity contribution in [3.63, 3.8) is 0 Å². The van der Waals surface area contributed by atoms with E-state index in [1.807, 2.05) is 73.7 Å². The molecule has 0 spiro atoms. The van der Waals surface area contributed by atoms with Crippen molar-refractivity contribution in [1.29, 1.82) is 0 Å². The third kappa shape index (κ3) is 5.35. The van der Waals surface area contributed by atoms with E-state index >= 15 is 0 Å². The lowest BCUT2D eigenvalue weighted by Gasteiger charge is -2.14. The van der Waals surface area contributed by atoms with Gasteiger partial charge in [-0.3, -0.25) is 4.99 Å². The molecular weight excluding hydrogens is 358 g/mol. The highest BCUT2D eigenvalue weighted by molar-refractivity contribution is 6.32. The van der Waals surface area contributed by atoms with Crippen LogP contribution in [0.4, 0.5) is 5.69 Å². The Bertz CT molecular complexity index is 906. The first-order chi connectivity index (χ1) is 13.2. The Kier molecular flexibility index (Phi) is 6.50. The van der Waals surface area contributed by atoms with Crippen LogP contribution in [0.15, 0.2) is 71.7 Å². The van der Waals surface area contributed by atoms with E-state index in [-0.39, 0.29) is 0 Å². The maximum absolute atomic E-state index is 6.47. The van der Waals surface area contributed by atoms with Gasteiger partial charge in [-0.2, -0.15) is 0 Å². The SMILES string of the molecule is CCOc1cc(C=Nc2ccc(C)cc2)cc(Cl)c1OCc1ccccc1. The van der Waals surface area contributed by atoms with Crippen LogP contribution >= 0.6 is 11.6 Å². The molecule has 0 bridgehead atoms. The van der Waals surface area contributed by atoms with Crippen molar-refractivity contribution >= 4 is 23.5 Å². The van der Waals surface area contributed by atoms with Crippen molar-refractivity contribution in [3.05, 3.63) is 88.4 Å². The van der Waals surface area contributed by atoms with Gasteiger partial charge in [-0.1, -0.05) is 59.6 Å². The van der Waals surface area contributed by atoms with Gasteiger partial charge in [0.15, 0.2) is 11.5 Å². The molecule has 0 radical (unpaired) electrons. The van der Waals surface area contributed by atoms with Crippen molar-refractivity contribution < 1.29 is 9.47 Å². The number of nitrogens with zero attached hydrogens (tertiary/aromatic N) is 1. The first-order valence-electron chi connectivity index (χ1n) is 8.89. The molecule has 3 aromatic rings. The molecule has 0 N–H and O–H groups in total. The van der Waals surface area contributed by atoms with Crippen LogP contribution in [0, 0.1) is 6.92 Å². The zero-order valence-corrected chi connectivity index (χ0v) is 16.2. The number of ether oxygens (including phenoxy) is 2. The Labute approximate surface area is 165 Å². The average Bonchev–Trinajstić information content (AvgIpc) is 2.68. The number of aryl methyl sites for hydroxylation is 1. The first kappa shape index (κ1) is 19.0. The van der Waals surface area contributed by atoms with E-state index in [0.29, 0.717) is 29.7 Å². The van der Waals surface area contributed by atoms with Crippen LogP contribution in [0.2, 0.25) is 5.02 Å². The van der Waals surface area contributed by atoms with E-state index in [1.165, 1.54) is 5.56 Å². The van der Waals surface area contributed by atoms with E-state index in [2.05, 4.69) is 11.9 Å². The lowest BCUT2D eigenvalue weighted by atomic mass is 10.2. The zero-order valence-electron chi connectivity index (χ0n) is 15.5. The second-order valence-electron chi connectivity index (χ2n) is 6.13. The maximum Gasteiger partial charge on any atom is 0.180 e. The molecule has 0 saturated carbocycles. The molecular formula is C23H22ClNO2. The van der Waals surface area contributed by atoms with Crippen LogP contribution < -0.4 is 9.47 Å². The molecule has 0 unspecified atom stereocenters. The Balaban J connectivity index is 1.81. The normalized spacial score (nSPS) is 10.9. The number of aliphatic imine (C=N–C) groups is 1. The molecule has 0 aliphatic rings. The Hall–Kier alpha value is -2.78. The zero-order chi connectivity index (χ0) is 19.1. The van der Waals surface area contributed by atoms with Gasteiger partial charge in [0, 0.05) is 6.21 Å². The molecule has 0 amide bonds. The molecule has 3 aromatic carbocycles. The smallest absolute Gasteiger partial charge is 0.180 e. The number of hydrogen-bond acceptors (Lipinski definition) is 3. The fourth-order valence-electron chi connectivity index (χ4n) is 2.58. The van der Waals surface area contributed by atoms with E-state index in [9.17, 15) is 0 Å². The fourth-order valence-corrected chi connectivity index (χ4v) is 2.85. The van der Waals surface area contributed by atoms with Gasteiger partial charge in [-0.05, 0) is 49.2 Å². The van der Waals surface area contributed by atoms with Gasteiger partial charge >= 0.3 is 0 Å². The second kappa shape index (κ2) is 9.24. The van der Waals surface area contributed by atoms with Crippen molar-refractivity contribution in [2.45, 2.75) is 20.5 Å². The molecule has 4 heteroatoms. The number of hydrogen-bond donors (Lipinski definition) is 0. The highest BCUT2D eigenvalue weighted by atomic mass is 35.5. The molecule has 3 rings (SSSR count). The molecule has 138 valence electrons. The van der Waals surface area contributed by atoms with Crippen LogP contribution in [0.1, 0.15) is 23.6 Å². The van der Waals surface area contributed by atoms with E-state index in [0.717, 1.165) is 16.8 Å². The summed E-state index contributed by atoms with van der Waals surface area (Å²) in [5.74, 6) is 1.17. The Morgan fingerprint density at radius 2 is 1.70 bits per heavy atom. The fraction of sp³-hybridized carbons (Fsp3) is 0.174. The standard InChI is InChI=1S/C23H22ClNO2/c1-3-26-22-14-19(15-25-20-11-9-17(2)10-12-20)13-21(24)23(22)27-16-18-7-5-4-6-8-18/h4-15H,3,16H2,1-2H3. The van der Waals surface area contributed by atoms with Crippen LogP contribution in [-0.2, 0) is 6.61 Å². The summed E-state index contributed by atoms with van der Waals surface area (Å²) < 4.78 is 11.7. The van der Waals surface area contributed by atoms with Gasteiger partial charge in [0.05, 0.1) is 17.3 Å². The lowest BCUT2D eigenvalue weighted by molar-refractivity contribution is 0.269. The number of halogens is 1. The molecule has 0 atom stereocenters. The minimum absolute atomic E-state index is 0.428. The molecule has 0 aromatic heterocycles. The summed E-state index contributed by atoms with van der Waals surface area (Å²) in [6.45, 7) is 4.94. The van der Waals surface area contributed by atoms with Gasteiger partial charge in [0.1, 0.15) is 6.61 Å². The summed E-state index contributed by atoms with van der Waals surface area (Å²) in [5, 5.41) is 0.502. The summed E-state index contributed by atoms with van der Waals surface area (Å²) in [6.07, 6.45) is 1.78. The van der Waals surface area contributed by atoms with Crippen LogP contribution in [-0.4, -0.2) is 12.8 Å². The number of rotatable bonds is 7. The van der Waals surface area contributed by atoms with Crippen LogP contribution in [0.3, 0.4) is 0 Å². The van der Waals surface area contributed by atoms with Crippen LogP contribution in [0.25, 0.3) is 0 Å². The third-order valence-electron chi connectivity index (χ3n) is 3.95. The Morgan fingerprint density at radius 3 is 2.41 bits per heavy atom. The van der Waals surface area contributed by atoms with Gasteiger partial charge < -0.3 is 9.47 Å². The summed E-state index contributed by atoms with van der Waals surface area (Å²) in [5.41, 5.74) is 4.02. The molecule has 0 fully saturated rings. The van der Waals surface area contributed by atoms with Crippen molar-refractivity contribution in [2.75, 3.05) is 6.61 Å². The summed E-state index contributed by atoms with van der Waals surface area (Å²) in [7, 11) is 0. The highest BCUT2D eigenvalue weighted by Crippen LogP contribution is 2.37. The van der Waals surface area contributed by atoms with Crippen molar-refractivity contribution in [1.82, 2.24) is 0 Å². The van der Waals surface area contributed by atoms with E-state index in [1.54, 1.807) is 6.21 Å². The molecule has 27 heavy (non-hydrogen) atoms. The highest BCUT2D eigenvalue weighted by Gasteiger charge is 2.12. The minimum atomic E-state index is 0.428. The largest absolute Gasteiger partial charge is 0.490 e. The predicted octanol–water partition coefficient (Wildman–Crippen LogP) is 6.38. The molecule has 0 heterocycles. The quantitative estimate of drug-likeness (QED) is 0.446. The Morgan fingerprint density at radius 1 is 0.963 bits per heavy atom. The van der Waals surface area contributed by atoms with E-state index in [4.69, 9.17) is 21.1 Å². The molecule has 3 nitrogen and oxygen atoms in total. The topological polar surface area (TPSA) is 30.8 Å². The average molecular weight is 380 g/mol. The van der Waals surface area contributed by atoms with Gasteiger partial charge in [0.25, 0.3) is 0 Å². The van der Waals surface area contributed by atoms with E-state index < -0.39 is 0 Å². The third-order valence-corrected chi connectivity index (χ3v) is 4.24. The van der Waals surface area contributed by atoms with Crippen molar-refractivity contribution in [2.24, 2.45) is 4.99 Å².